The van der Waals surface area contributed by atoms with E-state index >= 15 is 0 Å². The van der Waals surface area contributed by atoms with E-state index in [0.29, 0.717) is 40.0 Å². The number of rotatable bonds is 6. The normalized spacial score (nSPS) is 18.2. The van der Waals surface area contributed by atoms with Gasteiger partial charge in [-0.2, -0.15) is 5.10 Å². The fourth-order valence-corrected chi connectivity index (χ4v) is 5.38. The Morgan fingerprint density at radius 3 is 2.50 bits per heavy atom. The SMILES string of the molecule is C#C[C@@H]1[C@@H](C)C[C@@H](C(=O)Nc2nc(Br)c(F)cc2C)N1C(=O)Cn1nc(C(C)=O)c2cc(-c3cnc(C)nc3)cnc21. The van der Waals surface area contributed by atoms with Crippen LogP contribution in [0.4, 0.5) is 10.2 Å². The molecule has 0 radical (unpaired) electrons. The van der Waals surface area contributed by atoms with E-state index in [9.17, 15) is 18.8 Å². The molecule has 0 aromatic carbocycles. The van der Waals surface area contributed by atoms with Crippen molar-refractivity contribution < 1.29 is 18.8 Å². The number of aromatic nitrogens is 6. The number of likely N-dealkylation sites (tertiary alicyclic amines) is 1. The molecule has 5 heterocycles. The first-order valence-corrected chi connectivity index (χ1v) is 13.8. The Labute approximate surface area is 249 Å². The molecule has 4 aromatic heterocycles. The summed E-state index contributed by atoms with van der Waals surface area (Å²) in [5.74, 6) is 1.42. The minimum atomic E-state index is -0.909. The number of anilines is 1. The molecule has 3 atom stereocenters. The lowest BCUT2D eigenvalue weighted by Crippen LogP contribution is -2.48. The summed E-state index contributed by atoms with van der Waals surface area (Å²) >= 11 is 3.03. The second-order valence-electron chi connectivity index (χ2n) is 10.2. The molecule has 1 N–H and O–H groups in total. The van der Waals surface area contributed by atoms with Crippen molar-refractivity contribution in [1.29, 1.82) is 0 Å². The van der Waals surface area contributed by atoms with Crippen LogP contribution in [-0.4, -0.2) is 64.3 Å². The van der Waals surface area contributed by atoms with E-state index in [2.05, 4.69) is 52.2 Å². The van der Waals surface area contributed by atoms with Crippen LogP contribution in [0.2, 0.25) is 0 Å². The number of hydrogen-bond donors (Lipinski definition) is 1. The highest BCUT2D eigenvalue weighted by molar-refractivity contribution is 9.10. The molecule has 1 fully saturated rings. The minimum Gasteiger partial charge on any atom is -0.315 e. The summed E-state index contributed by atoms with van der Waals surface area (Å²) in [5, 5.41) is 7.59. The molecule has 0 aliphatic carbocycles. The Kier molecular flexibility index (Phi) is 7.83. The van der Waals surface area contributed by atoms with Crippen molar-refractivity contribution in [2.45, 2.75) is 52.7 Å². The largest absolute Gasteiger partial charge is 0.315 e. The zero-order valence-corrected chi connectivity index (χ0v) is 24.8. The Bertz CT molecular complexity index is 1780. The van der Waals surface area contributed by atoms with Crippen LogP contribution in [0.5, 0.6) is 0 Å². The molecule has 2 amide bonds. The molecular formula is C29H26BrFN8O3. The Hall–Kier alpha value is -4.57. The topological polar surface area (TPSA) is 136 Å². The van der Waals surface area contributed by atoms with Gasteiger partial charge in [-0.25, -0.2) is 29.0 Å². The summed E-state index contributed by atoms with van der Waals surface area (Å²) in [4.78, 5) is 58.1. The van der Waals surface area contributed by atoms with Crippen LogP contribution >= 0.6 is 15.9 Å². The van der Waals surface area contributed by atoms with E-state index in [-0.39, 0.29) is 34.4 Å². The molecule has 42 heavy (non-hydrogen) atoms. The molecule has 13 heteroatoms. The zero-order valence-electron chi connectivity index (χ0n) is 23.2. The second-order valence-corrected chi connectivity index (χ2v) is 11.0. The summed E-state index contributed by atoms with van der Waals surface area (Å²) < 4.78 is 15.2. The van der Waals surface area contributed by atoms with E-state index in [0.717, 1.165) is 0 Å². The van der Waals surface area contributed by atoms with E-state index in [1.54, 1.807) is 38.5 Å². The fourth-order valence-electron chi connectivity index (χ4n) is 5.09. The predicted octanol–water partition coefficient (Wildman–Crippen LogP) is 3.88. The summed E-state index contributed by atoms with van der Waals surface area (Å²) in [5.41, 5.74) is 2.30. The quantitative estimate of drug-likeness (QED) is 0.192. The summed E-state index contributed by atoms with van der Waals surface area (Å²) in [6, 6.07) is 1.44. The van der Waals surface area contributed by atoms with E-state index in [4.69, 9.17) is 6.42 Å². The number of aryl methyl sites for hydroxylation is 2. The van der Waals surface area contributed by atoms with Crippen LogP contribution < -0.4 is 5.32 Å². The third-order valence-electron chi connectivity index (χ3n) is 7.22. The minimum absolute atomic E-state index is 0.0463. The number of halogens is 2. The molecule has 0 saturated carbocycles. The van der Waals surface area contributed by atoms with Crippen LogP contribution in [0.1, 0.15) is 42.1 Å². The molecule has 4 aromatic rings. The lowest BCUT2D eigenvalue weighted by atomic mass is 10.0. The number of Topliss-reactive ketones (excluding diaryl/α,β-unsaturated/α-hetero) is 1. The smallest absolute Gasteiger partial charge is 0.248 e. The van der Waals surface area contributed by atoms with Crippen LogP contribution in [-0.2, 0) is 16.1 Å². The van der Waals surface area contributed by atoms with Crippen molar-refractivity contribution in [3.63, 3.8) is 0 Å². The monoisotopic (exact) mass is 632 g/mol. The van der Waals surface area contributed by atoms with E-state index in [1.165, 1.54) is 22.6 Å². The standard InChI is InChI=1S/C29H26BrFN8O3/c1-6-22-14(2)8-23(29(42)36-27-15(3)7-21(31)26(30)35-27)39(22)24(41)13-38-28-20(25(37-38)16(4)40)9-18(10-34-28)19-11-32-17(5)33-12-19/h1,7,9-12,14,22-23H,8,13H2,2-5H3,(H,35,36,42)/t14-,22+,23-/m0/s1. The zero-order chi connectivity index (χ0) is 30.3. The lowest BCUT2D eigenvalue weighted by Gasteiger charge is -2.28. The van der Waals surface area contributed by atoms with Crippen LogP contribution in [0.3, 0.4) is 0 Å². The number of carbonyl (C=O) groups is 3. The number of pyridine rings is 2. The maximum Gasteiger partial charge on any atom is 0.248 e. The first kappa shape index (κ1) is 28.9. The first-order valence-electron chi connectivity index (χ1n) is 13.1. The molecule has 0 bridgehead atoms. The number of terminal acetylenes is 1. The molecule has 5 rings (SSSR count). The van der Waals surface area contributed by atoms with Gasteiger partial charge in [-0.05, 0) is 59.8 Å². The van der Waals surface area contributed by atoms with Crippen molar-refractivity contribution in [2.24, 2.45) is 5.92 Å². The highest BCUT2D eigenvalue weighted by Gasteiger charge is 2.44. The molecular weight excluding hydrogens is 607 g/mol. The van der Waals surface area contributed by atoms with Gasteiger partial charge in [0.05, 0.1) is 11.4 Å². The van der Waals surface area contributed by atoms with Gasteiger partial charge in [-0.15, -0.1) is 6.42 Å². The molecule has 1 aliphatic rings. The van der Waals surface area contributed by atoms with Gasteiger partial charge in [0.1, 0.15) is 34.5 Å². The van der Waals surface area contributed by atoms with Crippen molar-refractivity contribution in [2.75, 3.05) is 5.32 Å². The highest BCUT2D eigenvalue weighted by atomic mass is 79.9. The van der Waals surface area contributed by atoms with E-state index < -0.39 is 29.7 Å². The van der Waals surface area contributed by atoms with Crippen LogP contribution in [0.15, 0.2) is 35.3 Å². The van der Waals surface area contributed by atoms with Gasteiger partial charge >= 0.3 is 0 Å². The first-order chi connectivity index (χ1) is 20.0. The van der Waals surface area contributed by atoms with Crippen molar-refractivity contribution in [1.82, 2.24) is 34.6 Å². The maximum absolute atomic E-state index is 13.9. The Morgan fingerprint density at radius 1 is 1.14 bits per heavy atom. The van der Waals surface area contributed by atoms with Gasteiger partial charge < -0.3 is 10.2 Å². The van der Waals surface area contributed by atoms with Crippen LogP contribution in [0, 0.1) is 37.9 Å². The number of carbonyl (C=O) groups excluding carboxylic acids is 3. The number of nitrogens with zero attached hydrogens (tertiary/aromatic N) is 7. The average molecular weight is 633 g/mol. The fraction of sp³-hybridized carbons (Fsp3) is 0.310. The van der Waals surface area contributed by atoms with Gasteiger partial charge in [0, 0.05) is 36.6 Å². The van der Waals surface area contributed by atoms with Gasteiger partial charge in [-0.1, -0.05) is 12.8 Å². The molecule has 11 nitrogen and oxygen atoms in total. The number of hydrogen-bond acceptors (Lipinski definition) is 8. The molecule has 0 spiro atoms. The summed E-state index contributed by atoms with van der Waals surface area (Å²) in [6.07, 6.45) is 11.0. The van der Waals surface area contributed by atoms with Gasteiger partial charge in [0.2, 0.25) is 11.8 Å². The number of fused-ring (bicyclic) bond motifs is 1. The number of amides is 2. The Balaban J connectivity index is 1.46. The summed E-state index contributed by atoms with van der Waals surface area (Å²) in [6.45, 7) is 6.33. The average Bonchev–Trinajstić information content (AvgIpc) is 3.49. The Morgan fingerprint density at radius 2 is 1.83 bits per heavy atom. The third kappa shape index (κ3) is 5.37. The molecule has 0 unspecified atom stereocenters. The van der Waals surface area contributed by atoms with Crippen LogP contribution in [0.25, 0.3) is 22.2 Å². The van der Waals surface area contributed by atoms with E-state index in [1.807, 2.05) is 6.92 Å². The number of ketones is 1. The van der Waals surface area contributed by atoms with Crippen molar-refractivity contribution >= 4 is 50.4 Å². The lowest BCUT2D eigenvalue weighted by molar-refractivity contribution is -0.138. The number of nitrogens with one attached hydrogen (secondary N) is 1. The van der Waals surface area contributed by atoms with Crippen molar-refractivity contribution in [3.05, 3.63) is 58.2 Å². The molecule has 214 valence electrons. The second kappa shape index (κ2) is 11.4. The predicted molar refractivity (Wildman–Crippen MR) is 156 cm³/mol. The third-order valence-corrected chi connectivity index (χ3v) is 7.77. The van der Waals surface area contributed by atoms with Crippen molar-refractivity contribution in [3.8, 4) is 23.5 Å². The molecule has 1 saturated heterocycles. The van der Waals surface area contributed by atoms with Gasteiger partial charge in [0.25, 0.3) is 0 Å². The van der Waals surface area contributed by atoms with Gasteiger partial charge in [-0.3, -0.25) is 14.4 Å². The highest BCUT2D eigenvalue weighted by Crippen LogP contribution is 2.32. The van der Waals surface area contributed by atoms with Gasteiger partial charge in [0.15, 0.2) is 17.2 Å². The maximum atomic E-state index is 13.9. The molecule has 1 aliphatic heterocycles. The summed E-state index contributed by atoms with van der Waals surface area (Å²) in [7, 11) is 0.